The van der Waals surface area contributed by atoms with Gasteiger partial charge in [-0.15, -0.1) is 0 Å². The molecule has 0 bridgehead atoms. The lowest BCUT2D eigenvalue weighted by Gasteiger charge is -2.32. The van der Waals surface area contributed by atoms with E-state index in [0.29, 0.717) is 13.0 Å². The van der Waals surface area contributed by atoms with E-state index in [1.165, 1.54) is 0 Å². The van der Waals surface area contributed by atoms with E-state index in [2.05, 4.69) is 10.1 Å². The number of carbonyl (C=O) groups is 2. The number of primary amides is 1. The molecule has 1 aliphatic heterocycles. The number of amides is 2. The molecule has 0 radical (unpaired) electrons. The second-order valence-corrected chi connectivity index (χ2v) is 8.07. The predicted octanol–water partition coefficient (Wildman–Crippen LogP) is 4.74. The average molecular weight is 508 g/mol. The Morgan fingerprint density at radius 1 is 1.14 bits per heavy atom. The first-order chi connectivity index (χ1) is 16.2. The Labute approximate surface area is 194 Å². The summed E-state index contributed by atoms with van der Waals surface area (Å²) >= 11 is 0. The van der Waals surface area contributed by atoms with E-state index in [0.717, 1.165) is 37.3 Å². The van der Waals surface area contributed by atoms with Crippen molar-refractivity contribution in [1.82, 2.24) is 0 Å². The highest BCUT2D eigenvalue weighted by Gasteiger charge is 2.65. The van der Waals surface area contributed by atoms with Crippen LogP contribution in [0.25, 0.3) is 0 Å². The third-order valence-corrected chi connectivity index (χ3v) is 5.98. The molecule has 0 unspecified atom stereocenters. The molecule has 6 nitrogen and oxygen atoms in total. The van der Waals surface area contributed by atoms with Gasteiger partial charge in [0, 0.05) is 29.2 Å². The Morgan fingerprint density at radius 3 is 2.37 bits per heavy atom. The number of hydrogen-bond acceptors (Lipinski definition) is 4. The van der Waals surface area contributed by atoms with Crippen LogP contribution < -0.4 is 15.8 Å². The SMILES string of the molecule is C[C@@H]1[C@@H](c2ccc(F)cc2OC(F)F)[C@@H](C(=O)Nc2ccc(F)c(C(N)=O)c2)O[C@]1(C)C(F)(F)F. The molecule has 4 atom stereocenters. The fourth-order valence-electron chi connectivity index (χ4n) is 4.01. The van der Waals surface area contributed by atoms with E-state index in [1.807, 2.05) is 0 Å². The van der Waals surface area contributed by atoms with Crippen molar-refractivity contribution in [2.75, 3.05) is 5.32 Å². The molecule has 0 saturated carbocycles. The van der Waals surface area contributed by atoms with Crippen molar-refractivity contribution in [2.45, 2.75) is 44.3 Å². The number of rotatable bonds is 6. The monoisotopic (exact) mass is 508 g/mol. The molecule has 1 fully saturated rings. The quantitative estimate of drug-likeness (QED) is 0.552. The fourth-order valence-corrected chi connectivity index (χ4v) is 4.01. The van der Waals surface area contributed by atoms with Crippen LogP contribution in [-0.4, -0.2) is 36.3 Å². The van der Waals surface area contributed by atoms with Gasteiger partial charge in [-0.1, -0.05) is 13.0 Å². The topological polar surface area (TPSA) is 90.6 Å². The minimum atomic E-state index is -4.99. The molecule has 35 heavy (non-hydrogen) atoms. The molecule has 190 valence electrons. The predicted molar refractivity (Wildman–Crippen MR) is 108 cm³/mol. The van der Waals surface area contributed by atoms with Gasteiger partial charge in [0.05, 0.1) is 5.56 Å². The first-order valence-electron chi connectivity index (χ1n) is 10.0. The minimum absolute atomic E-state index is 0.191. The zero-order valence-electron chi connectivity index (χ0n) is 18.1. The van der Waals surface area contributed by atoms with Crippen LogP contribution in [0.1, 0.15) is 35.7 Å². The van der Waals surface area contributed by atoms with Crippen LogP contribution in [0.3, 0.4) is 0 Å². The third-order valence-electron chi connectivity index (χ3n) is 5.98. The molecule has 1 aliphatic rings. The third kappa shape index (κ3) is 5.04. The summed E-state index contributed by atoms with van der Waals surface area (Å²) < 4.78 is 105. The summed E-state index contributed by atoms with van der Waals surface area (Å²) in [6.07, 6.45) is -6.91. The molecule has 13 heteroatoms. The average Bonchev–Trinajstić information content (AvgIpc) is 3.01. The Hall–Kier alpha value is -3.35. The minimum Gasteiger partial charge on any atom is -0.434 e. The number of ether oxygens (including phenoxy) is 2. The van der Waals surface area contributed by atoms with Gasteiger partial charge in [0.15, 0.2) is 5.60 Å². The number of anilines is 1. The highest BCUT2D eigenvalue weighted by Crippen LogP contribution is 2.54. The molecule has 0 spiro atoms. The molecule has 2 aromatic carbocycles. The van der Waals surface area contributed by atoms with Crippen molar-refractivity contribution in [1.29, 1.82) is 0 Å². The van der Waals surface area contributed by atoms with Gasteiger partial charge in [-0.2, -0.15) is 22.0 Å². The van der Waals surface area contributed by atoms with Crippen LogP contribution in [0.2, 0.25) is 0 Å². The van der Waals surface area contributed by atoms with Crippen molar-refractivity contribution in [2.24, 2.45) is 11.7 Å². The number of benzene rings is 2. The molecule has 3 rings (SSSR count). The molecule has 2 aromatic rings. The second-order valence-electron chi connectivity index (χ2n) is 8.07. The Morgan fingerprint density at radius 2 is 1.80 bits per heavy atom. The Balaban J connectivity index is 2.07. The van der Waals surface area contributed by atoms with Crippen LogP contribution in [0, 0.1) is 17.6 Å². The number of alkyl halides is 5. The lowest BCUT2D eigenvalue weighted by molar-refractivity contribution is -0.272. The van der Waals surface area contributed by atoms with Gasteiger partial charge in [0.2, 0.25) is 0 Å². The fraction of sp³-hybridized carbons (Fsp3) is 0.364. The van der Waals surface area contributed by atoms with Gasteiger partial charge in [-0.25, -0.2) is 8.78 Å². The van der Waals surface area contributed by atoms with Crippen LogP contribution >= 0.6 is 0 Å². The second kappa shape index (κ2) is 9.36. The van der Waals surface area contributed by atoms with E-state index >= 15 is 0 Å². The highest BCUT2D eigenvalue weighted by molar-refractivity contribution is 5.98. The van der Waals surface area contributed by atoms with E-state index in [9.17, 15) is 40.3 Å². The molecule has 0 aliphatic carbocycles. The number of nitrogens with two attached hydrogens (primary N) is 1. The smallest absolute Gasteiger partial charge is 0.417 e. The van der Waals surface area contributed by atoms with Crippen molar-refractivity contribution >= 4 is 17.5 Å². The first kappa shape index (κ1) is 26.3. The molecule has 1 heterocycles. The summed E-state index contributed by atoms with van der Waals surface area (Å²) in [5.41, 5.74) is 1.05. The van der Waals surface area contributed by atoms with E-state index in [4.69, 9.17) is 10.5 Å². The molecular weight excluding hydrogens is 489 g/mol. The maximum Gasteiger partial charge on any atom is 0.417 e. The van der Waals surface area contributed by atoms with E-state index in [-0.39, 0.29) is 11.3 Å². The lowest BCUT2D eigenvalue weighted by atomic mass is 9.77. The van der Waals surface area contributed by atoms with Crippen molar-refractivity contribution in [3.8, 4) is 5.75 Å². The number of nitrogens with one attached hydrogen (secondary N) is 1. The Bertz CT molecular complexity index is 1140. The maximum absolute atomic E-state index is 13.9. The molecule has 3 N–H and O–H groups in total. The summed E-state index contributed by atoms with van der Waals surface area (Å²) in [4.78, 5) is 24.4. The molecule has 2 amide bonds. The van der Waals surface area contributed by atoms with E-state index in [1.54, 1.807) is 0 Å². The standard InChI is InChI=1S/C22H19F7N2O4/c1-9-16(12-5-3-10(23)7-15(12)34-20(25)26)17(35-21(9,2)22(27,28)29)19(33)31-11-4-6-14(24)13(8-11)18(30)32/h3-9,16-17,20H,1-2H3,(H2,30,32)(H,31,33)/t9-,16+,17+,21+/m1/s1. The largest absolute Gasteiger partial charge is 0.434 e. The van der Waals surface area contributed by atoms with Crippen molar-refractivity contribution in [3.05, 3.63) is 59.2 Å². The van der Waals surface area contributed by atoms with Crippen molar-refractivity contribution in [3.63, 3.8) is 0 Å². The summed E-state index contributed by atoms with van der Waals surface area (Å²) in [6, 6.07) is 5.01. The summed E-state index contributed by atoms with van der Waals surface area (Å²) in [6.45, 7) is -1.64. The van der Waals surface area contributed by atoms with Gasteiger partial charge >= 0.3 is 12.8 Å². The maximum atomic E-state index is 13.9. The molecule has 1 saturated heterocycles. The van der Waals surface area contributed by atoms with Gasteiger partial charge in [-0.3, -0.25) is 9.59 Å². The van der Waals surface area contributed by atoms with E-state index < -0.39 is 71.1 Å². The van der Waals surface area contributed by atoms with Crippen LogP contribution in [0.15, 0.2) is 36.4 Å². The molecular formula is C22H19F7N2O4. The van der Waals surface area contributed by atoms with Gasteiger partial charge in [0.25, 0.3) is 11.8 Å². The highest BCUT2D eigenvalue weighted by atomic mass is 19.4. The van der Waals surface area contributed by atoms with Crippen LogP contribution in [0.5, 0.6) is 5.75 Å². The number of hydrogen-bond donors (Lipinski definition) is 2. The van der Waals surface area contributed by atoms with Gasteiger partial charge < -0.3 is 20.5 Å². The normalized spacial score (nSPS) is 24.5. The van der Waals surface area contributed by atoms with Crippen LogP contribution in [0.4, 0.5) is 36.4 Å². The first-order valence-corrected chi connectivity index (χ1v) is 10.0. The summed E-state index contributed by atoms with van der Waals surface area (Å²) in [7, 11) is 0. The van der Waals surface area contributed by atoms with Crippen molar-refractivity contribution < 1.29 is 49.8 Å². The summed E-state index contributed by atoms with van der Waals surface area (Å²) in [5.74, 6) is -8.13. The lowest BCUT2D eigenvalue weighted by Crippen LogP contribution is -2.47. The zero-order chi connectivity index (χ0) is 26.3. The number of halogens is 7. The zero-order valence-corrected chi connectivity index (χ0v) is 18.1. The van der Waals surface area contributed by atoms with Gasteiger partial charge in [0.1, 0.15) is 23.5 Å². The molecule has 0 aromatic heterocycles. The van der Waals surface area contributed by atoms with Gasteiger partial charge in [-0.05, 0) is 31.2 Å². The van der Waals surface area contributed by atoms with Crippen LogP contribution in [-0.2, 0) is 9.53 Å². The number of carbonyl (C=O) groups excluding carboxylic acids is 2. The Kier molecular flexibility index (Phi) is 7.02. The summed E-state index contributed by atoms with van der Waals surface area (Å²) in [5, 5.41) is 2.22.